The molecular formula is C13H24N4. The summed E-state index contributed by atoms with van der Waals surface area (Å²) in [5.41, 5.74) is 14.2. The predicted octanol–water partition coefficient (Wildman–Crippen LogP) is 1.70. The summed E-state index contributed by atoms with van der Waals surface area (Å²) in [6.07, 6.45) is 2.64. The maximum Gasteiger partial charge on any atom is 0.128 e. The van der Waals surface area contributed by atoms with Crippen molar-refractivity contribution in [3.8, 4) is 0 Å². The van der Waals surface area contributed by atoms with Crippen molar-refractivity contribution in [3.63, 3.8) is 0 Å². The highest BCUT2D eigenvalue weighted by Gasteiger charge is 2.14. The van der Waals surface area contributed by atoms with E-state index in [0.29, 0.717) is 5.82 Å². The Morgan fingerprint density at radius 1 is 1.35 bits per heavy atom. The summed E-state index contributed by atoms with van der Waals surface area (Å²) in [6, 6.07) is 1.94. The van der Waals surface area contributed by atoms with Gasteiger partial charge < -0.3 is 16.4 Å². The Morgan fingerprint density at radius 3 is 2.53 bits per heavy atom. The summed E-state index contributed by atoms with van der Waals surface area (Å²) in [4.78, 5) is 6.48. The molecular weight excluding hydrogens is 212 g/mol. The van der Waals surface area contributed by atoms with E-state index in [1.807, 2.05) is 13.0 Å². The van der Waals surface area contributed by atoms with Gasteiger partial charge in [-0.2, -0.15) is 0 Å². The Hall–Kier alpha value is -1.13. The quantitative estimate of drug-likeness (QED) is 0.789. The fourth-order valence-corrected chi connectivity index (χ4v) is 2.08. The molecule has 1 rings (SSSR count). The Kier molecular flexibility index (Phi) is 5.38. The molecule has 0 fully saturated rings. The molecule has 0 aliphatic carbocycles. The number of aryl methyl sites for hydroxylation is 1. The minimum Gasteiger partial charge on any atom is -0.383 e. The van der Waals surface area contributed by atoms with E-state index >= 15 is 0 Å². The van der Waals surface area contributed by atoms with Crippen LogP contribution in [0.1, 0.15) is 37.4 Å². The first kappa shape index (κ1) is 13.9. The van der Waals surface area contributed by atoms with Crippen LogP contribution in [0.5, 0.6) is 0 Å². The number of anilines is 1. The van der Waals surface area contributed by atoms with Crippen LogP contribution in [0.4, 0.5) is 5.82 Å². The van der Waals surface area contributed by atoms with Crippen LogP contribution in [-0.4, -0.2) is 29.5 Å². The molecule has 4 N–H and O–H groups in total. The number of pyridine rings is 1. The molecule has 96 valence electrons. The Labute approximate surface area is 104 Å². The molecule has 17 heavy (non-hydrogen) atoms. The van der Waals surface area contributed by atoms with Crippen molar-refractivity contribution in [3.05, 3.63) is 23.4 Å². The van der Waals surface area contributed by atoms with Gasteiger partial charge >= 0.3 is 0 Å². The molecule has 0 saturated carbocycles. The normalized spacial score (nSPS) is 13.0. The minimum absolute atomic E-state index is 0.0238. The van der Waals surface area contributed by atoms with Crippen molar-refractivity contribution >= 4 is 5.82 Å². The van der Waals surface area contributed by atoms with Gasteiger partial charge in [-0.3, -0.25) is 0 Å². The highest BCUT2D eigenvalue weighted by molar-refractivity contribution is 5.45. The zero-order valence-corrected chi connectivity index (χ0v) is 11.1. The summed E-state index contributed by atoms with van der Waals surface area (Å²) in [6.45, 7) is 9.49. The average molecular weight is 236 g/mol. The van der Waals surface area contributed by atoms with Crippen LogP contribution in [0.25, 0.3) is 0 Å². The number of nitrogens with two attached hydrogens (primary N) is 2. The van der Waals surface area contributed by atoms with E-state index in [0.717, 1.165) is 37.2 Å². The van der Waals surface area contributed by atoms with Crippen LogP contribution < -0.4 is 11.5 Å². The second-order valence-electron chi connectivity index (χ2n) is 4.35. The SMILES string of the molecule is CCN(CC)CCC(N)c1c(C)ccnc1N. The number of hydrogen-bond donors (Lipinski definition) is 2. The lowest BCUT2D eigenvalue weighted by Crippen LogP contribution is -2.27. The largest absolute Gasteiger partial charge is 0.383 e. The minimum atomic E-state index is -0.0238. The standard InChI is InChI=1S/C13H24N4/c1-4-17(5-2)9-7-11(14)12-10(3)6-8-16-13(12)15/h6,8,11H,4-5,7,9,14H2,1-3H3,(H2,15,16). The van der Waals surface area contributed by atoms with Crippen LogP contribution in [-0.2, 0) is 0 Å². The molecule has 1 unspecified atom stereocenters. The van der Waals surface area contributed by atoms with E-state index in [1.54, 1.807) is 6.20 Å². The van der Waals surface area contributed by atoms with Gasteiger partial charge in [-0.05, 0) is 44.6 Å². The second kappa shape index (κ2) is 6.57. The van der Waals surface area contributed by atoms with Crippen LogP contribution in [0.2, 0.25) is 0 Å². The molecule has 1 atom stereocenters. The van der Waals surface area contributed by atoms with Gasteiger partial charge in [0.25, 0.3) is 0 Å². The van der Waals surface area contributed by atoms with Crippen LogP contribution in [0.3, 0.4) is 0 Å². The monoisotopic (exact) mass is 236 g/mol. The maximum atomic E-state index is 6.21. The molecule has 0 aromatic carbocycles. The first-order chi connectivity index (χ1) is 8.10. The highest BCUT2D eigenvalue weighted by Crippen LogP contribution is 2.23. The van der Waals surface area contributed by atoms with Gasteiger partial charge in [0, 0.05) is 17.8 Å². The predicted molar refractivity (Wildman–Crippen MR) is 72.7 cm³/mol. The molecule has 1 heterocycles. The number of hydrogen-bond acceptors (Lipinski definition) is 4. The van der Waals surface area contributed by atoms with Crippen molar-refractivity contribution < 1.29 is 0 Å². The molecule has 0 aliphatic heterocycles. The van der Waals surface area contributed by atoms with E-state index in [1.165, 1.54) is 0 Å². The number of nitrogens with zero attached hydrogens (tertiary/aromatic N) is 2. The smallest absolute Gasteiger partial charge is 0.128 e. The lowest BCUT2D eigenvalue weighted by Gasteiger charge is -2.22. The Morgan fingerprint density at radius 2 is 2.00 bits per heavy atom. The fraction of sp³-hybridized carbons (Fsp3) is 0.615. The van der Waals surface area contributed by atoms with Crippen molar-refractivity contribution in [1.29, 1.82) is 0 Å². The van der Waals surface area contributed by atoms with Crippen LogP contribution in [0, 0.1) is 6.92 Å². The number of aromatic nitrogens is 1. The first-order valence-electron chi connectivity index (χ1n) is 6.29. The number of nitrogen functional groups attached to an aromatic ring is 1. The van der Waals surface area contributed by atoms with E-state index < -0.39 is 0 Å². The summed E-state index contributed by atoms with van der Waals surface area (Å²) in [5.74, 6) is 0.567. The molecule has 4 nitrogen and oxygen atoms in total. The zero-order valence-electron chi connectivity index (χ0n) is 11.1. The lowest BCUT2D eigenvalue weighted by atomic mass is 10.0. The number of rotatable bonds is 6. The molecule has 4 heteroatoms. The van der Waals surface area contributed by atoms with Crippen LogP contribution in [0.15, 0.2) is 12.3 Å². The molecule has 0 aliphatic rings. The molecule has 1 aromatic rings. The van der Waals surface area contributed by atoms with Gasteiger partial charge in [-0.1, -0.05) is 13.8 Å². The van der Waals surface area contributed by atoms with Gasteiger partial charge in [-0.25, -0.2) is 4.98 Å². The third-order valence-electron chi connectivity index (χ3n) is 3.26. The topological polar surface area (TPSA) is 68.2 Å². The second-order valence-corrected chi connectivity index (χ2v) is 4.35. The van der Waals surface area contributed by atoms with Gasteiger partial charge in [0.15, 0.2) is 0 Å². The molecule has 0 bridgehead atoms. The van der Waals surface area contributed by atoms with E-state index in [9.17, 15) is 0 Å². The molecule has 0 saturated heterocycles. The molecule has 1 aromatic heterocycles. The lowest BCUT2D eigenvalue weighted by molar-refractivity contribution is 0.291. The van der Waals surface area contributed by atoms with Crippen molar-refractivity contribution in [2.75, 3.05) is 25.4 Å². The third-order valence-corrected chi connectivity index (χ3v) is 3.26. The average Bonchev–Trinajstić information content (AvgIpc) is 2.30. The van der Waals surface area contributed by atoms with E-state index in [2.05, 4.69) is 23.7 Å². The fourth-order valence-electron chi connectivity index (χ4n) is 2.08. The van der Waals surface area contributed by atoms with Gasteiger partial charge in [0.1, 0.15) is 5.82 Å². The van der Waals surface area contributed by atoms with Gasteiger partial charge in [0.2, 0.25) is 0 Å². The van der Waals surface area contributed by atoms with Gasteiger partial charge in [-0.15, -0.1) is 0 Å². The van der Waals surface area contributed by atoms with E-state index in [4.69, 9.17) is 11.5 Å². The first-order valence-corrected chi connectivity index (χ1v) is 6.29. The molecule has 0 amide bonds. The molecule has 0 spiro atoms. The summed E-state index contributed by atoms with van der Waals surface area (Å²) >= 11 is 0. The third kappa shape index (κ3) is 3.68. The maximum absolute atomic E-state index is 6.21. The van der Waals surface area contributed by atoms with E-state index in [-0.39, 0.29) is 6.04 Å². The summed E-state index contributed by atoms with van der Waals surface area (Å²) in [5, 5.41) is 0. The van der Waals surface area contributed by atoms with Crippen molar-refractivity contribution in [2.45, 2.75) is 33.2 Å². The Balaban J connectivity index is 2.66. The summed E-state index contributed by atoms with van der Waals surface area (Å²) < 4.78 is 0. The molecule has 0 radical (unpaired) electrons. The van der Waals surface area contributed by atoms with Crippen LogP contribution >= 0.6 is 0 Å². The van der Waals surface area contributed by atoms with Crippen molar-refractivity contribution in [1.82, 2.24) is 9.88 Å². The van der Waals surface area contributed by atoms with Gasteiger partial charge in [0.05, 0.1) is 0 Å². The Bertz CT molecular complexity index is 327. The summed E-state index contributed by atoms with van der Waals surface area (Å²) in [7, 11) is 0. The van der Waals surface area contributed by atoms with Crippen molar-refractivity contribution in [2.24, 2.45) is 5.73 Å². The highest BCUT2D eigenvalue weighted by atomic mass is 15.1. The zero-order chi connectivity index (χ0) is 12.8.